The SMILES string of the molecule is CCOc1c(C(C)(C)C)cc(C)c2sc(NCCOC)nc12. The number of aryl methyl sites for hydroxylation is 1. The van der Waals surface area contributed by atoms with Crippen molar-refractivity contribution < 1.29 is 9.47 Å². The lowest BCUT2D eigenvalue weighted by Gasteiger charge is -2.23. The number of methoxy groups -OCH3 is 1. The average Bonchev–Trinajstić information content (AvgIpc) is 2.86. The van der Waals surface area contributed by atoms with Crippen molar-refractivity contribution >= 4 is 26.7 Å². The van der Waals surface area contributed by atoms with Gasteiger partial charge in [-0.1, -0.05) is 38.2 Å². The fraction of sp³-hybridized carbons (Fsp3) is 0.588. The maximum absolute atomic E-state index is 5.96. The van der Waals surface area contributed by atoms with Gasteiger partial charge < -0.3 is 14.8 Å². The van der Waals surface area contributed by atoms with Crippen LogP contribution in [0.1, 0.15) is 38.8 Å². The molecular weight excluding hydrogens is 296 g/mol. The number of nitrogens with zero attached hydrogens (tertiary/aromatic N) is 1. The van der Waals surface area contributed by atoms with Gasteiger partial charge in [0.15, 0.2) is 5.13 Å². The van der Waals surface area contributed by atoms with Gasteiger partial charge in [-0.15, -0.1) is 0 Å². The van der Waals surface area contributed by atoms with Crippen molar-refractivity contribution in [1.82, 2.24) is 4.98 Å². The van der Waals surface area contributed by atoms with E-state index in [1.165, 1.54) is 15.8 Å². The third-order valence-electron chi connectivity index (χ3n) is 3.48. The first-order valence-electron chi connectivity index (χ1n) is 7.68. The van der Waals surface area contributed by atoms with Crippen LogP contribution in [-0.4, -0.2) is 31.9 Å². The summed E-state index contributed by atoms with van der Waals surface area (Å²) in [5, 5.41) is 4.24. The molecule has 0 saturated heterocycles. The summed E-state index contributed by atoms with van der Waals surface area (Å²) in [6.07, 6.45) is 0. The molecule has 0 radical (unpaired) electrons. The largest absolute Gasteiger partial charge is 0.491 e. The first-order valence-corrected chi connectivity index (χ1v) is 8.50. The minimum absolute atomic E-state index is 0.0245. The van der Waals surface area contributed by atoms with Crippen molar-refractivity contribution in [2.24, 2.45) is 0 Å². The van der Waals surface area contributed by atoms with E-state index in [0.717, 1.165) is 22.9 Å². The highest BCUT2D eigenvalue weighted by atomic mass is 32.1. The Hall–Kier alpha value is -1.33. The summed E-state index contributed by atoms with van der Waals surface area (Å²) in [6, 6.07) is 2.24. The zero-order valence-electron chi connectivity index (χ0n) is 14.4. The van der Waals surface area contributed by atoms with Crippen molar-refractivity contribution in [3.63, 3.8) is 0 Å². The molecule has 5 heteroatoms. The molecule has 1 aromatic carbocycles. The van der Waals surface area contributed by atoms with Crippen LogP contribution in [-0.2, 0) is 10.2 Å². The van der Waals surface area contributed by atoms with E-state index in [-0.39, 0.29) is 5.41 Å². The summed E-state index contributed by atoms with van der Waals surface area (Å²) in [6.45, 7) is 12.9. The summed E-state index contributed by atoms with van der Waals surface area (Å²) < 4.78 is 12.2. The molecule has 22 heavy (non-hydrogen) atoms. The predicted molar refractivity (Wildman–Crippen MR) is 94.6 cm³/mol. The number of hydrogen-bond acceptors (Lipinski definition) is 5. The molecule has 0 spiro atoms. The van der Waals surface area contributed by atoms with E-state index in [9.17, 15) is 0 Å². The normalized spacial score (nSPS) is 11.9. The van der Waals surface area contributed by atoms with Gasteiger partial charge in [0.2, 0.25) is 0 Å². The number of ether oxygens (including phenoxy) is 2. The molecule has 0 fully saturated rings. The standard InChI is InChI=1S/C17H26N2O2S/c1-7-21-14-12(17(3,4)5)10-11(2)15-13(14)19-16(22-15)18-8-9-20-6/h10H,7-9H2,1-6H3,(H,18,19). The summed E-state index contributed by atoms with van der Waals surface area (Å²) in [5.74, 6) is 0.923. The van der Waals surface area contributed by atoms with Gasteiger partial charge in [-0.2, -0.15) is 0 Å². The molecule has 0 bridgehead atoms. The van der Waals surface area contributed by atoms with Crippen molar-refractivity contribution in [2.75, 3.05) is 32.2 Å². The lowest BCUT2D eigenvalue weighted by molar-refractivity contribution is 0.211. The second kappa shape index (κ2) is 6.84. The second-order valence-corrected chi connectivity index (χ2v) is 7.37. The van der Waals surface area contributed by atoms with Gasteiger partial charge in [0, 0.05) is 19.2 Å². The van der Waals surface area contributed by atoms with Crippen LogP contribution >= 0.6 is 11.3 Å². The van der Waals surface area contributed by atoms with Gasteiger partial charge in [0.25, 0.3) is 0 Å². The molecule has 0 aliphatic carbocycles. The van der Waals surface area contributed by atoms with Crippen LogP contribution in [0.5, 0.6) is 5.75 Å². The highest BCUT2D eigenvalue weighted by Crippen LogP contribution is 2.42. The van der Waals surface area contributed by atoms with E-state index in [1.54, 1.807) is 18.4 Å². The summed E-state index contributed by atoms with van der Waals surface area (Å²) in [7, 11) is 1.70. The van der Waals surface area contributed by atoms with Crippen LogP contribution in [0, 0.1) is 6.92 Å². The minimum atomic E-state index is 0.0245. The van der Waals surface area contributed by atoms with Gasteiger partial charge >= 0.3 is 0 Å². The van der Waals surface area contributed by atoms with Crippen molar-refractivity contribution in [2.45, 2.75) is 40.0 Å². The van der Waals surface area contributed by atoms with Crippen LogP contribution in [0.4, 0.5) is 5.13 Å². The van der Waals surface area contributed by atoms with Crippen LogP contribution < -0.4 is 10.1 Å². The molecule has 0 atom stereocenters. The van der Waals surface area contributed by atoms with Gasteiger partial charge in [-0.25, -0.2) is 4.98 Å². The van der Waals surface area contributed by atoms with E-state index in [4.69, 9.17) is 14.5 Å². The highest BCUT2D eigenvalue weighted by molar-refractivity contribution is 7.22. The van der Waals surface area contributed by atoms with E-state index in [0.29, 0.717) is 13.2 Å². The topological polar surface area (TPSA) is 43.4 Å². The monoisotopic (exact) mass is 322 g/mol. The molecule has 122 valence electrons. The summed E-state index contributed by atoms with van der Waals surface area (Å²) in [4.78, 5) is 4.76. The molecule has 1 N–H and O–H groups in total. The predicted octanol–water partition coefficient (Wildman–Crippen LogP) is 4.36. The first kappa shape index (κ1) is 17.0. The summed E-state index contributed by atoms with van der Waals surface area (Å²) in [5.41, 5.74) is 3.46. The maximum Gasteiger partial charge on any atom is 0.184 e. The number of hydrogen-bond donors (Lipinski definition) is 1. The van der Waals surface area contributed by atoms with Crippen molar-refractivity contribution in [3.8, 4) is 5.75 Å². The molecule has 0 unspecified atom stereocenters. The lowest BCUT2D eigenvalue weighted by Crippen LogP contribution is -2.14. The van der Waals surface area contributed by atoms with Crippen molar-refractivity contribution in [3.05, 3.63) is 17.2 Å². The first-order chi connectivity index (χ1) is 10.4. The van der Waals surface area contributed by atoms with Crippen LogP contribution in [0.2, 0.25) is 0 Å². The molecule has 4 nitrogen and oxygen atoms in total. The van der Waals surface area contributed by atoms with Crippen LogP contribution in [0.3, 0.4) is 0 Å². The molecule has 0 amide bonds. The Balaban J connectivity index is 2.53. The van der Waals surface area contributed by atoms with Crippen molar-refractivity contribution in [1.29, 1.82) is 0 Å². The Kier molecular flexibility index (Phi) is 5.29. The van der Waals surface area contributed by atoms with Gasteiger partial charge in [0.1, 0.15) is 11.3 Å². The van der Waals surface area contributed by atoms with Crippen LogP contribution in [0.15, 0.2) is 6.07 Å². The lowest BCUT2D eigenvalue weighted by atomic mass is 9.85. The number of anilines is 1. The Morgan fingerprint density at radius 1 is 1.32 bits per heavy atom. The quantitative estimate of drug-likeness (QED) is 0.803. The maximum atomic E-state index is 5.96. The van der Waals surface area contributed by atoms with Gasteiger partial charge in [-0.05, 0) is 24.8 Å². The molecule has 2 aromatic rings. The minimum Gasteiger partial charge on any atom is -0.491 e. The number of benzene rings is 1. The number of thiazole rings is 1. The fourth-order valence-electron chi connectivity index (χ4n) is 2.40. The van der Waals surface area contributed by atoms with E-state index in [1.807, 2.05) is 6.92 Å². The number of aromatic nitrogens is 1. The van der Waals surface area contributed by atoms with Gasteiger partial charge in [0.05, 0.1) is 17.9 Å². The number of fused-ring (bicyclic) bond motifs is 1. The molecule has 0 aliphatic heterocycles. The Morgan fingerprint density at radius 3 is 2.64 bits per heavy atom. The average molecular weight is 322 g/mol. The Labute approximate surface area is 136 Å². The zero-order valence-corrected chi connectivity index (χ0v) is 15.2. The van der Waals surface area contributed by atoms with E-state index in [2.05, 4.69) is 39.1 Å². The number of rotatable bonds is 6. The second-order valence-electron chi connectivity index (χ2n) is 6.37. The third kappa shape index (κ3) is 3.52. The molecule has 0 aliphatic rings. The fourth-order valence-corrected chi connectivity index (χ4v) is 3.36. The van der Waals surface area contributed by atoms with Gasteiger partial charge in [-0.3, -0.25) is 0 Å². The smallest absolute Gasteiger partial charge is 0.184 e. The number of nitrogens with one attached hydrogen (secondary N) is 1. The van der Waals surface area contributed by atoms with E-state index >= 15 is 0 Å². The Bertz CT molecular complexity index is 644. The van der Waals surface area contributed by atoms with Crippen LogP contribution in [0.25, 0.3) is 10.2 Å². The Morgan fingerprint density at radius 2 is 2.05 bits per heavy atom. The molecule has 1 heterocycles. The zero-order chi connectivity index (χ0) is 16.3. The third-order valence-corrected chi connectivity index (χ3v) is 4.63. The molecule has 1 aromatic heterocycles. The summed E-state index contributed by atoms with van der Waals surface area (Å²) >= 11 is 1.68. The molecule has 2 rings (SSSR count). The molecule has 0 saturated carbocycles. The van der Waals surface area contributed by atoms with E-state index < -0.39 is 0 Å². The highest BCUT2D eigenvalue weighted by Gasteiger charge is 2.24. The molecular formula is C17H26N2O2S.